The molecule has 0 aliphatic carbocycles. The summed E-state index contributed by atoms with van der Waals surface area (Å²) in [6.07, 6.45) is 1.50. The first-order valence-electron chi connectivity index (χ1n) is 3.32. The van der Waals surface area contributed by atoms with Crippen LogP contribution in [0.1, 0.15) is 13.8 Å². The molecule has 0 radical (unpaired) electrons. The Hall–Kier alpha value is -1.02. The molecule has 0 saturated heterocycles. The molecule has 4 nitrogen and oxygen atoms in total. The van der Waals surface area contributed by atoms with Crippen LogP contribution in [0.5, 0.6) is 0 Å². The van der Waals surface area contributed by atoms with Gasteiger partial charge in [-0.05, 0) is 0 Å². The summed E-state index contributed by atoms with van der Waals surface area (Å²) in [6, 6.07) is 2.97. The molecule has 0 aliphatic heterocycles. The topological polar surface area (TPSA) is 81.8 Å². The lowest BCUT2D eigenvalue weighted by Gasteiger charge is -1.77. The van der Waals surface area contributed by atoms with Gasteiger partial charge in [-0.3, -0.25) is 0 Å². The lowest BCUT2D eigenvalue weighted by molar-refractivity contribution is 0.562. The molecule has 0 saturated carbocycles. The molecule has 0 amide bonds. The van der Waals surface area contributed by atoms with Crippen molar-refractivity contribution in [2.24, 2.45) is 0 Å². The molecule has 0 unspecified atom stereocenters. The Morgan fingerprint density at radius 2 is 1.27 bits per heavy atom. The minimum Gasteiger partial charge on any atom is -0.222 e. The molecule has 0 aliphatic rings. The van der Waals surface area contributed by atoms with E-state index in [2.05, 4.69) is 13.8 Å². The summed E-state index contributed by atoms with van der Waals surface area (Å²) < 4.78 is 0. The molecule has 0 aromatic carbocycles. The van der Waals surface area contributed by atoms with Crippen LogP contribution in [0, 0.1) is 10.8 Å². The molecule has 2 N–H and O–H groups in total. The average molecular weight is 174 g/mol. The third-order valence-corrected chi connectivity index (χ3v) is 2.12. The molecule has 0 heterocycles. The van der Waals surface area contributed by atoms with Crippen LogP contribution >= 0.6 is 0 Å². The Balaban J connectivity index is -0.0000000933. The molecule has 0 spiro atoms. The van der Waals surface area contributed by atoms with E-state index in [4.69, 9.17) is 20.4 Å². The first-order valence-corrected chi connectivity index (χ1v) is 5.32. The zero-order valence-corrected chi connectivity index (χ0v) is 8.35. The van der Waals surface area contributed by atoms with E-state index in [1.54, 1.807) is 0 Å². The van der Waals surface area contributed by atoms with Crippen molar-refractivity contribution < 1.29 is 9.59 Å². The third kappa shape index (κ3) is 458. The molecular formula is C6H14N2O2Si. The summed E-state index contributed by atoms with van der Waals surface area (Å²) in [5, 5.41) is 10.8. The maximum Gasteiger partial charge on any atom is 0.231 e. The zero-order chi connectivity index (χ0) is 9.54. The minimum absolute atomic E-state index is 0.432. The van der Waals surface area contributed by atoms with Gasteiger partial charge >= 0.3 is 0 Å². The summed E-state index contributed by atoms with van der Waals surface area (Å²) >= 11 is 0. The quantitative estimate of drug-likeness (QED) is 0.369. The van der Waals surface area contributed by atoms with Crippen molar-refractivity contribution in [3.63, 3.8) is 0 Å². The first kappa shape index (κ1) is 16.5. The summed E-state index contributed by atoms with van der Waals surface area (Å²) in [6.45, 7) is 4.55. The fourth-order valence-electron chi connectivity index (χ4n) is 0.354. The van der Waals surface area contributed by atoms with Crippen molar-refractivity contribution in [2.75, 3.05) is 0 Å². The molecule has 64 valence electrons. The standard InChI is InChI=1S/C4H12Si.2CHNO/c1-3-5-4-2;2*2-1-3/h3-5H2,1-2H3;2*2H. The summed E-state index contributed by atoms with van der Waals surface area (Å²) in [5.41, 5.74) is 0. The Bertz CT molecular complexity index is 102. The Morgan fingerprint density at radius 3 is 1.27 bits per heavy atom. The lowest BCUT2D eigenvalue weighted by atomic mass is 11.0. The number of hydrogen-bond donors (Lipinski definition) is 2. The van der Waals surface area contributed by atoms with Crippen LogP contribution in [0.3, 0.4) is 0 Å². The highest BCUT2D eigenvalue weighted by atomic mass is 28.2. The van der Waals surface area contributed by atoms with Gasteiger partial charge in [-0.15, -0.1) is 0 Å². The van der Waals surface area contributed by atoms with Crippen molar-refractivity contribution in [1.82, 2.24) is 0 Å². The van der Waals surface area contributed by atoms with Crippen LogP contribution < -0.4 is 0 Å². The van der Waals surface area contributed by atoms with E-state index in [1.165, 1.54) is 12.1 Å². The molecule has 5 heteroatoms. The van der Waals surface area contributed by atoms with E-state index >= 15 is 0 Å². The molecular weight excluding hydrogens is 160 g/mol. The fourth-order valence-corrected chi connectivity index (χ4v) is 1.06. The maximum atomic E-state index is 8.35. The second-order valence-corrected chi connectivity index (χ2v) is 4.26. The van der Waals surface area contributed by atoms with Gasteiger partial charge in [0.1, 0.15) is 0 Å². The largest absolute Gasteiger partial charge is 0.231 e. The van der Waals surface area contributed by atoms with Crippen LogP contribution in [0.4, 0.5) is 0 Å². The van der Waals surface area contributed by atoms with Gasteiger partial charge in [0.2, 0.25) is 12.2 Å². The second-order valence-electron chi connectivity index (χ2n) is 1.56. The van der Waals surface area contributed by atoms with Gasteiger partial charge in [-0.2, -0.15) is 0 Å². The van der Waals surface area contributed by atoms with Crippen LogP contribution in [0.15, 0.2) is 0 Å². The van der Waals surface area contributed by atoms with E-state index in [9.17, 15) is 0 Å². The first-order chi connectivity index (χ1) is 5.24. The smallest absolute Gasteiger partial charge is 0.222 e. The minimum atomic E-state index is 0.432. The molecule has 0 bridgehead atoms. The molecule has 0 aromatic rings. The average Bonchev–Trinajstić information content (AvgIpc) is 1.92. The number of nitrogens with one attached hydrogen (secondary N) is 2. The van der Waals surface area contributed by atoms with Crippen molar-refractivity contribution in [2.45, 2.75) is 25.9 Å². The molecule has 11 heavy (non-hydrogen) atoms. The van der Waals surface area contributed by atoms with Crippen molar-refractivity contribution >= 4 is 21.7 Å². The van der Waals surface area contributed by atoms with Crippen LogP contribution in [-0.2, 0) is 9.59 Å². The SMILES string of the molecule is CC[SiH2]CC.N=C=O.N=C=O. The molecule has 0 aromatic heterocycles. The van der Waals surface area contributed by atoms with Crippen LogP contribution in [-0.4, -0.2) is 21.7 Å². The maximum absolute atomic E-state index is 8.35. The summed E-state index contributed by atoms with van der Waals surface area (Å²) in [5.74, 6) is 0. The predicted molar refractivity (Wildman–Crippen MR) is 46.3 cm³/mol. The number of isocyanates is 2. The van der Waals surface area contributed by atoms with Crippen LogP contribution in [0.2, 0.25) is 12.1 Å². The Kier molecular flexibility index (Phi) is 54.2. The van der Waals surface area contributed by atoms with Gasteiger partial charge in [0, 0.05) is 9.52 Å². The zero-order valence-electron chi connectivity index (χ0n) is 6.94. The van der Waals surface area contributed by atoms with E-state index in [-0.39, 0.29) is 0 Å². The lowest BCUT2D eigenvalue weighted by Crippen LogP contribution is -1.76. The number of hydrogen-bond acceptors (Lipinski definition) is 4. The summed E-state index contributed by atoms with van der Waals surface area (Å²) in [7, 11) is 0.432. The van der Waals surface area contributed by atoms with Crippen molar-refractivity contribution in [1.29, 1.82) is 10.8 Å². The predicted octanol–water partition coefficient (Wildman–Crippen LogP) is 0.834. The van der Waals surface area contributed by atoms with E-state index in [0.29, 0.717) is 9.52 Å². The Morgan fingerprint density at radius 1 is 1.09 bits per heavy atom. The van der Waals surface area contributed by atoms with E-state index in [0.717, 1.165) is 12.2 Å². The molecule has 0 rings (SSSR count). The second kappa shape index (κ2) is 36.1. The van der Waals surface area contributed by atoms with Crippen molar-refractivity contribution in [3.8, 4) is 0 Å². The van der Waals surface area contributed by atoms with Gasteiger partial charge in [0.15, 0.2) is 0 Å². The fraction of sp³-hybridized carbons (Fsp3) is 0.667. The normalized spacial score (nSPS) is 5.27. The third-order valence-electron chi connectivity index (χ3n) is 0.707. The van der Waals surface area contributed by atoms with Gasteiger partial charge < -0.3 is 0 Å². The Labute approximate surface area is 68.8 Å². The number of carbonyl (C=O) groups excluding carboxylic acids is 2. The van der Waals surface area contributed by atoms with Gasteiger partial charge in [0.05, 0.1) is 0 Å². The van der Waals surface area contributed by atoms with E-state index in [1.807, 2.05) is 0 Å². The van der Waals surface area contributed by atoms with E-state index < -0.39 is 0 Å². The monoisotopic (exact) mass is 174 g/mol. The van der Waals surface area contributed by atoms with Crippen LogP contribution in [0.25, 0.3) is 0 Å². The number of rotatable bonds is 2. The van der Waals surface area contributed by atoms with Crippen molar-refractivity contribution in [3.05, 3.63) is 0 Å². The summed E-state index contributed by atoms with van der Waals surface area (Å²) in [4.78, 5) is 16.7. The highest BCUT2D eigenvalue weighted by molar-refractivity contribution is 6.34. The highest BCUT2D eigenvalue weighted by Gasteiger charge is 1.70. The molecule has 0 atom stereocenters. The molecule has 0 fully saturated rings. The highest BCUT2D eigenvalue weighted by Crippen LogP contribution is 1.77. The van der Waals surface area contributed by atoms with Gasteiger partial charge in [-0.25, -0.2) is 20.4 Å². The van der Waals surface area contributed by atoms with Gasteiger partial charge in [0.25, 0.3) is 0 Å². The van der Waals surface area contributed by atoms with Gasteiger partial charge in [-0.1, -0.05) is 25.9 Å².